The molecule has 0 unspecified atom stereocenters. The Morgan fingerprint density at radius 1 is 1.19 bits per heavy atom. The van der Waals surface area contributed by atoms with E-state index in [2.05, 4.69) is 19.3 Å². The summed E-state index contributed by atoms with van der Waals surface area (Å²) in [4.78, 5) is 11.7. The van der Waals surface area contributed by atoms with Crippen LogP contribution in [0, 0.1) is 20.8 Å². The summed E-state index contributed by atoms with van der Waals surface area (Å²) in [5, 5.41) is 0. The minimum absolute atomic E-state index is 0.168. The molecule has 0 fully saturated rings. The Morgan fingerprint density at radius 3 is 2.25 bits per heavy atom. The minimum atomic E-state index is -0.600. The van der Waals surface area contributed by atoms with E-state index >= 15 is 0 Å². The standard InChI is InChI=1S/C13H20N2O/c1-8-6-7-11(10(3)9(8)2)13(4,5)12(16)15-14/h6-7H,14H2,1-5H3,(H,15,16). The number of hydrogen-bond acceptors (Lipinski definition) is 2. The van der Waals surface area contributed by atoms with Crippen LogP contribution in [-0.2, 0) is 10.2 Å². The summed E-state index contributed by atoms with van der Waals surface area (Å²) >= 11 is 0. The average Bonchev–Trinajstić information content (AvgIpc) is 2.24. The lowest BCUT2D eigenvalue weighted by Gasteiger charge is -2.26. The highest BCUT2D eigenvalue weighted by molar-refractivity contribution is 5.87. The van der Waals surface area contributed by atoms with Gasteiger partial charge in [0.05, 0.1) is 5.41 Å². The fraction of sp³-hybridized carbons (Fsp3) is 0.462. The summed E-state index contributed by atoms with van der Waals surface area (Å²) < 4.78 is 0. The van der Waals surface area contributed by atoms with Crippen molar-refractivity contribution in [3.63, 3.8) is 0 Å². The van der Waals surface area contributed by atoms with Crippen molar-refractivity contribution in [1.82, 2.24) is 5.43 Å². The number of carbonyl (C=O) groups excluding carboxylic acids is 1. The topological polar surface area (TPSA) is 55.1 Å². The van der Waals surface area contributed by atoms with Crippen molar-refractivity contribution in [3.8, 4) is 0 Å². The van der Waals surface area contributed by atoms with Crippen LogP contribution in [0.5, 0.6) is 0 Å². The monoisotopic (exact) mass is 220 g/mol. The van der Waals surface area contributed by atoms with Gasteiger partial charge < -0.3 is 0 Å². The number of rotatable bonds is 2. The van der Waals surface area contributed by atoms with Crippen LogP contribution in [0.15, 0.2) is 12.1 Å². The van der Waals surface area contributed by atoms with Gasteiger partial charge in [0.1, 0.15) is 0 Å². The first-order valence-corrected chi connectivity index (χ1v) is 5.40. The van der Waals surface area contributed by atoms with Crippen LogP contribution in [0.2, 0.25) is 0 Å². The van der Waals surface area contributed by atoms with E-state index < -0.39 is 5.41 Å². The van der Waals surface area contributed by atoms with E-state index in [1.165, 1.54) is 11.1 Å². The molecule has 0 saturated heterocycles. The van der Waals surface area contributed by atoms with Crippen molar-refractivity contribution < 1.29 is 4.79 Å². The molecule has 16 heavy (non-hydrogen) atoms. The average molecular weight is 220 g/mol. The van der Waals surface area contributed by atoms with E-state index in [0.717, 1.165) is 11.1 Å². The first-order chi connectivity index (χ1) is 7.32. The normalized spacial score (nSPS) is 11.4. The van der Waals surface area contributed by atoms with Gasteiger partial charge in [0.15, 0.2) is 0 Å². The third-order valence-electron chi connectivity index (χ3n) is 3.43. The van der Waals surface area contributed by atoms with Crippen LogP contribution in [0.1, 0.15) is 36.1 Å². The predicted molar refractivity (Wildman–Crippen MR) is 66.0 cm³/mol. The number of nitrogens with one attached hydrogen (secondary N) is 1. The molecule has 0 heterocycles. The van der Waals surface area contributed by atoms with Crippen molar-refractivity contribution in [2.75, 3.05) is 0 Å². The Labute approximate surface area is 97.0 Å². The zero-order valence-corrected chi connectivity index (χ0v) is 10.6. The molecule has 0 atom stereocenters. The van der Waals surface area contributed by atoms with Gasteiger partial charge in [-0.05, 0) is 56.9 Å². The Hall–Kier alpha value is -1.35. The van der Waals surface area contributed by atoms with E-state index in [-0.39, 0.29) is 5.91 Å². The lowest BCUT2D eigenvalue weighted by molar-refractivity contribution is -0.125. The summed E-state index contributed by atoms with van der Waals surface area (Å²) in [7, 11) is 0. The van der Waals surface area contributed by atoms with Gasteiger partial charge in [-0.1, -0.05) is 12.1 Å². The van der Waals surface area contributed by atoms with Crippen LogP contribution < -0.4 is 11.3 Å². The quantitative estimate of drug-likeness (QED) is 0.454. The largest absolute Gasteiger partial charge is 0.294 e. The molecule has 3 nitrogen and oxygen atoms in total. The number of amides is 1. The van der Waals surface area contributed by atoms with Crippen molar-refractivity contribution in [3.05, 3.63) is 34.4 Å². The SMILES string of the molecule is Cc1ccc(C(C)(C)C(=O)NN)c(C)c1C. The molecule has 88 valence electrons. The van der Waals surface area contributed by atoms with E-state index in [1.807, 2.05) is 32.9 Å². The summed E-state index contributed by atoms with van der Waals surface area (Å²) in [6, 6.07) is 4.05. The number of aryl methyl sites for hydroxylation is 1. The van der Waals surface area contributed by atoms with Crippen LogP contribution in [0.4, 0.5) is 0 Å². The van der Waals surface area contributed by atoms with Gasteiger partial charge >= 0.3 is 0 Å². The van der Waals surface area contributed by atoms with Gasteiger partial charge in [0.25, 0.3) is 0 Å². The van der Waals surface area contributed by atoms with E-state index in [0.29, 0.717) is 0 Å². The number of carbonyl (C=O) groups is 1. The molecule has 0 saturated carbocycles. The fourth-order valence-electron chi connectivity index (χ4n) is 1.94. The molecule has 1 amide bonds. The summed E-state index contributed by atoms with van der Waals surface area (Å²) in [5.74, 6) is 5.05. The number of nitrogens with two attached hydrogens (primary N) is 1. The Morgan fingerprint density at radius 2 is 1.75 bits per heavy atom. The molecule has 0 bridgehead atoms. The summed E-state index contributed by atoms with van der Waals surface area (Å²) in [5.41, 5.74) is 6.29. The van der Waals surface area contributed by atoms with Crippen LogP contribution >= 0.6 is 0 Å². The number of hydrogen-bond donors (Lipinski definition) is 2. The molecule has 0 aromatic heterocycles. The lowest BCUT2D eigenvalue weighted by atomic mass is 9.79. The first-order valence-electron chi connectivity index (χ1n) is 5.40. The number of hydrazine groups is 1. The maximum atomic E-state index is 11.7. The Balaban J connectivity index is 3.34. The second-order valence-corrected chi connectivity index (χ2v) is 4.78. The predicted octanol–water partition coefficient (Wildman–Crippen LogP) is 1.88. The molecule has 0 aliphatic rings. The minimum Gasteiger partial charge on any atom is -0.294 e. The van der Waals surface area contributed by atoms with Gasteiger partial charge in [-0.25, -0.2) is 5.84 Å². The van der Waals surface area contributed by atoms with Gasteiger partial charge in [0.2, 0.25) is 5.91 Å². The number of benzene rings is 1. The second-order valence-electron chi connectivity index (χ2n) is 4.78. The van der Waals surface area contributed by atoms with Crippen molar-refractivity contribution >= 4 is 5.91 Å². The molecular weight excluding hydrogens is 200 g/mol. The van der Waals surface area contributed by atoms with Gasteiger partial charge in [-0.3, -0.25) is 10.2 Å². The highest BCUT2D eigenvalue weighted by Crippen LogP contribution is 2.29. The highest BCUT2D eigenvalue weighted by Gasteiger charge is 2.31. The zero-order chi connectivity index (χ0) is 12.5. The van der Waals surface area contributed by atoms with E-state index in [1.54, 1.807) is 0 Å². The van der Waals surface area contributed by atoms with Gasteiger partial charge in [-0.2, -0.15) is 0 Å². The molecule has 3 heteroatoms. The maximum absolute atomic E-state index is 11.7. The summed E-state index contributed by atoms with van der Waals surface area (Å²) in [6.45, 7) is 9.95. The molecule has 0 radical (unpaired) electrons. The zero-order valence-electron chi connectivity index (χ0n) is 10.6. The molecule has 0 spiro atoms. The first kappa shape index (κ1) is 12.7. The summed E-state index contributed by atoms with van der Waals surface area (Å²) in [6.07, 6.45) is 0. The van der Waals surface area contributed by atoms with Gasteiger partial charge in [0, 0.05) is 0 Å². The molecule has 0 aliphatic carbocycles. The van der Waals surface area contributed by atoms with E-state index in [9.17, 15) is 4.79 Å². The molecular formula is C13H20N2O. The van der Waals surface area contributed by atoms with E-state index in [4.69, 9.17) is 5.84 Å². The van der Waals surface area contributed by atoms with Gasteiger partial charge in [-0.15, -0.1) is 0 Å². The molecule has 1 aromatic rings. The van der Waals surface area contributed by atoms with Crippen LogP contribution in [0.3, 0.4) is 0 Å². The molecule has 1 rings (SSSR count). The highest BCUT2D eigenvalue weighted by atomic mass is 16.2. The molecule has 1 aromatic carbocycles. The maximum Gasteiger partial charge on any atom is 0.243 e. The lowest BCUT2D eigenvalue weighted by Crippen LogP contribution is -2.44. The third kappa shape index (κ3) is 1.95. The molecule has 0 aliphatic heterocycles. The van der Waals surface area contributed by atoms with Crippen LogP contribution in [-0.4, -0.2) is 5.91 Å². The van der Waals surface area contributed by atoms with Crippen LogP contribution in [0.25, 0.3) is 0 Å². The Bertz CT molecular complexity index is 422. The Kier molecular flexibility index (Phi) is 3.38. The smallest absolute Gasteiger partial charge is 0.243 e. The van der Waals surface area contributed by atoms with Crippen molar-refractivity contribution in [2.24, 2.45) is 5.84 Å². The fourth-order valence-corrected chi connectivity index (χ4v) is 1.94. The molecule has 3 N–H and O–H groups in total. The van der Waals surface area contributed by atoms with Crippen molar-refractivity contribution in [2.45, 2.75) is 40.0 Å². The third-order valence-corrected chi connectivity index (χ3v) is 3.43. The van der Waals surface area contributed by atoms with Crippen molar-refractivity contribution in [1.29, 1.82) is 0 Å². The second kappa shape index (κ2) is 4.26.